The SMILES string of the molecule is O=C([C@@H]1Cc2ccccc2N1)N1CCCC(C(F)(F)F)C1. The number of hydrogen-bond donors (Lipinski definition) is 1. The topological polar surface area (TPSA) is 32.3 Å². The molecule has 1 N–H and O–H groups in total. The van der Waals surface area contributed by atoms with Crippen molar-refractivity contribution in [2.75, 3.05) is 18.4 Å². The van der Waals surface area contributed by atoms with Crippen LogP contribution in [0.15, 0.2) is 24.3 Å². The standard InChI is InChI=1S/C15H17F3N2O/c16-15(17,18)11-5-3-7-20(9-11)14(21)13-8-10-4-1-2-6-12(10)19-13/h1-2,4,6,11,13,19H,3,5,7-9H2/t11?,13-/m0/s1. The van der Waals surface area contributed by atoms with Crippen LogP contribution in [-0.2, 0) is 11.2 Å². The molecule has 6 heteroatoms. The zero-order valence-electron chi connectivity index (χ0n) is 11.5. The third kappa shape index (κ3) is 2.84. The number of carbonyl (C=O) groups excluding carboxylic acids is 1. The maximum absolute atomic E-state index is 12.8. The molecule has 2 aliphatic rings. The number of amides is 1. The second-order valence-corrected chi connectivity index (χ2v) is 5.72. The van der Waals surface area contributed by atoms with Crippen molar-refractivity contribution in [2.24, 2.45) is 5.92 Å². The van der Waals surface area contributed by atoms with Gasteiger partial charge in [0.05, 0.1) is 5.92 Å². The summed E-state index contributed by atoms with van der Waals surface area (Å²) in [5.41, 5.74) is 1.94. The monoisotopic (exact) mass is 298 g/mol. The van der Waals surface area contributed by atoms with Gasteiger partial charge >= 0.3 is 6.18 Å². The van der Waals surface area contributed by atoms with Gasteiger partial charge in [-0.25, -0.2) is 0 Å². The largest absolute Gasteiger partial charge is 0.393 e. The molecule has 0 bridgehead atoms. The number of nitrogens with zero attached hydrogens (tertiary/aromatic N) is 1. The number of benzene rings is 1. The van der Waals surface area contributed by atoms with Gasteiger partial charge in [-0.1, -0.05) is 18.2 Å². The summed E-state index contributed by atoms with van der Waals surface area (Å²) in [6.45, 7) is 0.205. The minimum atomic E-state index is -4.22. The Balaban J connectivity index is 1.67. The molecule has 21 heavy (non-hydrogen) atoms. The second-order valence-electron chi connectivity index (χ2n) is 5.72. The van der Waals surface area contributed by atoms with Crippen LogP contribution in [0.1, 0.15) is 18.4 Å². The maximum atomic E-state index is 12.8. The molecule has 1 fully saturated rings. The molecule has 3 rings (SSSR count). The Bertz CT molecular complexity index is 519. The Labute approximate surface area is 121 Å². The minimum Gasteiger partial charge on any atom is -0.373 e. The van der Waals surface area contributed by atoms with Crippen LogP contribution in [0, 0.1) is 5.92 Å². The average molecular weight is 298 g/mol. The van der Waals surface area contributed by atoms with Crippen molar-refractivity contribution < 1.29 is 18.0 Å². The van der Waals surface area contributed by atoms with Crippen LogP contribution in [0.3, 0.4) is 0 Å². The fourth-order valence-electron chi connectivity index (χ4n) is 3.11. The molecule has 1 saturated heterocycles. The van der Waals surface area contributed by atoms with Gasteiger partial charge in [0.2, 0.25) is 5.91 Å². The van der Waals surface area contributed by atoms with Crippen molar-refractivity contribution in [3.05, 3.63) is 29.8 Å². The number of carbonyl (C=O) groups is 1. The summed E-state index contributed by atoms with van der Waals surface area (Å²) in [5.74, 6) is -1.61. The second kappa shape index (κ2) is 5.24. The zero-order chi connectivity index (χ0) is 15.0. The Hall–Kier alpha value is -1.72. The highest BCUT2D eigenvalue weighted by atomic mass is 19.4. The van der Waals surface area contributed by atoms with Crippen LogP contribution in [0.2, 0.25) is 0 Å². The van der Waals surface area contributed by atoms with E-state index < -0.39 is 18.1 Å². The van der Waals surface area contributed by atoms with E-state index in [4.69, 9.17) is 0 Å². The Morgan fingerprint density at radius 1 is 1.29 bits per heavy atom. The van der Waals surface area contributed by atoms with E-state index in [9.17, 15) is 18.0 Å². The van der Waals surface area contributed by atoms with Gasteiger partial charge in [0.15, 0.2) is 0 Å². The molecule has 0 spiro atoms. The summed E-state index contributed by atoms with van der Waals surface area (Å²) < 4.78 is 38.5. The van der Waals surface area contributed by atoms with E-state index in [2.05, 4.69) is 5.32 Å². The van der Waals surface area contributed by atoms with Crippen LogP contribution < -0.4 is 5.32 Å². The van der Waals surface area contributed by atoms with Gasteiger partial charge in [0.25, 0.3) is 0 Å². The van der Waals surface area contributed by atoms with Gasteiger partial charge in [0.1, 0.15) is 6.04 Å². The number of rotatable bonds is 1. The van der Waals surface area contributed by atoms with E-state index in [0.717, 1.165) is 11.3 Å². The van der Waals surface area contributed by atoms with Gasteiger partial charge in [-0.15, -0.1) is 0 Å². The lowest BCUT2D eigenvalue weighted by molar-refractivity contribution is -0.188. The number of hydrogen-bond acceptors (Lipinski definition) is 2. The van der Waals surface area contributed by atoms with Crippen molar-refractivity contribution in [3.8, 4) is 0 Å². The van der Waals surface area contributed by atoms with E-state index in [1.165, 1.54) is 4.90 Å². The van der Waals surface area contributed by atoms with Crippen molar-refractivity contribution in [3.63, 3.8) is 0 Å². The van der Waals surface area contributed by atoms with E-state index >= 15 is 0 Å². The summed E-state index contributed by atoms with van der Waals surface area (Å²) in [7, 11) is 0. The zero-order valence-corrected chi connectivity index (χ0v) is 11.5. The number of halogens is 3. The number of piperidine rings is 1. The normalized spacial score (nSPS) is 25.4. The van der Waals surface area contributed by atoms with E-state index in [-0.39, 0.29) is 18.9 Å². The Morgan fingerprint density at radius 3 is 2.76 bits per heavy atom. The Morgan fingerprint density at radius 2 is 2.05 bits per heavy atom. The van der Waals surface area contributed by atoms with Crippen LogP contribution in [0.4, 0.5) is 18.9 Å². The molecular weight excluding hydrogens is 281 g/mol. The van der Waals surface area contributed by atoms with E-state index in [1.807, 2.05) is 24.3 Å². The van der Waals surface area contributed by atoms with Gasteiger partial charge in [-0.2, -0.15) is 13.2 Å². The molecule has 2 aliphatic heterocycles. The molecule has 2 atom stereocenters. The van der Waals surface area contributed by atoms with Crippen molar-refractivity contribution in [2.45, 2.75) is 31.5 Å². The van der Waals surface area contributed by atoms with E-state index in [0.29, 0.717) is 19.4 Å². The minimum absolute atomic E-state index is 0.117. The molecule has 0 aliphatic carbocycles. The predicted octanol–water partition coefficient (Wildman–Crippen LogP) is 2.82. The molecule has 0 saturated carbocycles. The third-order valence-corrected chi connectivity index (χ3v) is 4.27. The lowest BCUT2D eigenvalue weighted by atomic mass is 9.96. The van der Waals surface area contributed by atoms with Gasteiger partial charge in [-0.05, 0) is 24.5 Å². The lowest BCUT2D eigenvalue weighted by Gasteiger charge is -2.35. The highest BCUT2D eigenvalue weighted by Crippen LogP contribution is 2.34. The molecule has 1 aromatic carbocycles. The number of fused-ring (bicyclic) bond motifs is 1. The highest BCUT2D eigenvalue weighted by molar-refractivity contribution is 5.87. The van der Waals surface area contributed by atoms with Gasteiger partial charge < -0.3 is 10.2 Å². The lowest BCUT2D eigenvalue weighted by Crippen LogP contribution is -2.49. The fourth-order valence-corrected chi connectivity index (χ4v) is 3.11. The van der Waals surface area contributed by atoms with Crippen molar-refractivity contribution in [1.82, 2.24) is 4.90 Å². The van der Waals surface area contributed by atoms with Crippen LogP contribution >= 0.6 is 0 Å². The molecule has 1 aromatic rings. The molecule has 2 heterocycles. The maximum Gasteiger partial charge on any atom is 0.393 e. The third-order valence-electron chi connectivity index (χ3n) is 4.27. The summed E-state index contributed by atoms with van der Waals surface area (Å²) in [6.07, 6.45) is -3.14. The number of nitrogens with one attached hydrogen (secondary N) is 1. The first kappa shape index (κ1) is 14.2. The predicted molar refractivity (Wildman–Crippen MR) is 72.9 cm³/mol. The van der Waals surface area contributed by atoms with Crippen LogP contribution in [-0.4, -0.2) is 36.1 Å². The van der Waals surface area contributed by atoms with Crippen molar-refractivity contribution in [1.29, 1.82) is 0 Å². The molecule has 0 aromatic heterocycles. The number of anilines is 1. The molecule has 1 amide bonds. The molecular formula is C15H17F3N2O. The first-order chi connectivity index (χ1) is 9.95. The van der Waals surface area contributed by atoms with Gasteiger partial charge in [-0.3, -0.25) is 4.79 Å². The first-order valence-electron chi connectivity index (χ1n) is 7.15. The van der Waals surface area contributed by atoms with Crippen LogP contribution in [0.5, 0.6) is 0 Å². The summed E-state index contributed by atoms with van der Waals surface area (Å²) in [6, 6.07) is 7.16. The van der Waals surface area contributed by atoms with E-state index in [1.54, 1.807) is 0 Å². The molecule has 1 unspecified atom stereocenters. The summed E-state index contributed by atoms with van der Waals surface area (Å²) in [5, 5.41) is 3.11. The number of likely N-dealkylation sites (tertiary alicyclic amines) is 1. The molecule has 114 valence electrons. The van der Waals surface area contributed by atoms with Gasteiger partial charge in [0, 0.05) is 25.2 Å². The fraction of sp³-hybridized carbons (Fsp3) is 0.533. The van der Waals surface area contributed by atoms with Crippen molar-refractivity contribution >= 4 is 11.6 Å². The molecule has 3 nitrogen and oxygen atoms in total. The first-order valence-corrected chi connectivity index (χ1v) is 7.15. The Kier molecular flexibility index (Phi) is 3.55. The smallest absolute Gasteiger partial charge is 0.373 e. The van der Waals surface area contributed by atoms with Crippen LogP contribution in [0.25, 0.3) is 0 Å². The molecule has 0 radical (unpaired) electrons. The summed E-state index contributed by atoms with van der Waals surface area (Å²) >= 11 is 0. The average Bonchev–Trinajstić information content (AvgIpc) is 2.89. The quantitative estimate of drug-likeness (QED) is 0.864. The number of para-hydroxylation sites is 1. The number of alkyl halides is 3. The summed E-state index contributed by atoms with van der Waals surface area (Å²) in [4.78, 5) is 13.8. The highest BCUT2D eigenvalue weighted by Gasteiger charge is 2.43.